The number of hydrogen-bond donors (Lipinski definition) is 0. The molecule has 0 amide bonds. The van der Waals surface area contributed by atoms with Crippen molar-refractivity contribution in [3.63, 3.8) is 0 Å². The van der Waals surface area contributed by atoms with E-state index in [1.54, 1.807) is 0 Å². The van der Waals surface area contributed by atoms with Gasteiger partial charge in [0.15, 0.2) is 0 Å². The second-order valence-corrected chi connectivity index (χ2v) is 12.9. The summed E-state index contributed by atoms with van der Waals surface area (Å²) in [7, 11) is 0. The highest BCUT2D eigenvalue weighted by Gasteiger charge is 2.18. The van der Waals surface area contributed by atoms with Gasteiger partial charge >= 0.3 is 0 Å². The van der Waals surface area contributed by atoms with Crippen molar-refractivity contribution in [2.75, 3.05) is 0 Å². The van der Waals surface area contributed by atoms with Gasteiger partial charge in [-0.25, -0.2) is 0 Å². The summed E-state index contributed by atoms with van der Waals surface area (Å²) in [6, 6.07) is 66.0. The van der Waals surface area contributed by atoms with Crippen LogP contribution in [0.4, 0.5) is 0 Å². The zero-order valence-corrected chi connectivity index (χ0v) is 26.7. The minimum Gasteiger partial charge on any atom is -0.456 e. The van der Waals surface area contributed by atoms with E-state index < -0.39 is 0 Å². The molecule has 1 heterocycles. The number of rotatable bonds is 4. The first kappa shape index (κ1) is 27.7. The monoisotopic (exact) mass is 622 g/mol. The van der Waals surface area contributed by atoms with Crippen LogP contribution in [0.1, 0.15) is 0 Å². The molecule has 0 aliphatic rings. The van der Waals surface area contributed by atoms with Crippen molar-refractivity contribution in [3.8, 4) is 44.5 Å². The van der Waals surface area contributed by atoms with Crippen LogP contribution in [0, 0.1) is 0 Å². The third-order valence-electron chi connectivity index (χ3n) is 10.1. The molecule has 0 bridgehead atoms. The predicted octanol–water partition coefficient (Wildman–Crippen LogP) is 13.7. The average molecular weight is 623 g/mol. The van der Waals surface area contributed by atoms with Crippen LogP contribution in [0.5, 0.6) is 0 Å². The average Bonchev–Trinajstić information content (AvgIpc) is 3.55. The molecule has 1 aromatic heterocycles. The molecule has 1 nitrogen and oxygen atoms in total. The van der Waals surface area contributed by atoms with Crippen LogP contribution in [0.15, 0.2) is 186 Å². The molecule has 0 N–H and O–H groups in total. The molecule has 0 unspecified atom stereocenters. The summed E-state index contributed by atoms with van der Waals surface area (Å²) < 4.78 is 6.25. The van der Waals surface area contributed by atoms with E-state index in [9.17, 15) is 0 Å². The van der Waals surface area contributed by atoms with Gasteiger partial charge in [-0.2, -0.15) is 0 Å². The molecular formula is C48H30O. The fourth-order valence-corrected chi connectivity index (χ4v) is 7.69. The molecular weight excluding hydrogens is 593 g/mol. The lowest BCUT2D eigenvalue weighted by Crippen LogP contribution is -1.91. The van der Waals surface area contributed by atoms with Crippen LogP contribution >= 0.6 is 0 Å². The number of fused-ring (bicyclic) bond motifs is 6. The fraction of sp³-hybridized carbons (Fsp3) is 0. The largest absolute Gasteiger partial charge is 0.456 e. The first-order chi connectivity index (χ1) is 24.3. The first-order valence-electron chi connectivity index (χ1n) is 16.8. The standard InChI is InChI=1S/C48H30O/c1-2-10-31(11-3-1)33-20-23-34(24-21-33)38-15-8-17-41-43(38)30-44-39(36-25-22-32-12-4-5-13-35(32)28-36)16-9-18-42(44)48(41)37-26-27-47-45(29-37)40-14-6-7-19-46(40)49-47/h1-30H. The molecule has 1 heteroatoms. The Bertz CT molecular complexity index is 2860. The molecule has 0 atom stereocenters. The van der Waals surface area contributed by atoms with Gasteiger partial charge in [-0.1, -0.05) is 152 Å². The third kappa shape index (κ3) is 4.55. The van der Waals surface area contributed by atoms with E-state index in [1.165, 1.54) is 76.8 Å². The maximum Gasteiger partial charge on any atom is 0.135 e. The van der Waals surface area contributed by atoms with E-state index in [0.717, 1.165) is 21.9 Å². The SMILES string of the molecule is c1ccc(-c2ccc(-c3cccc4c(-c5ccc6oc7ccccc7c6c5)c5cccc(-c6ccc7ccccc7c6)c5cc34)cc2)cc1. The lowest BCUT2D eigenvalue weighted by Gasteiger charge is -2.18. The summed E-state index contributed by atoms with van der Waals surface area (Å²) in [5.41, 5.74) is 11.6. The van der Waals surface area contributed by atoms with Crippen LogP contribution in [-0.4, -0.2) is 0 Å². The normalized spacial score (nSPS) is 11.7. The molecule has 49 heavy (non-hydrogen) atoms. The summed E-state index contributed by atoms with van der Waals surface area (Å²) in [5, 5.41) is 9.72. The van der Waals surface area contributed by atoms with Crippen LogP contribution in [0.3, 0.4) is 0 Å². The maximum atomic E-state index is 6.25. The van der Waals surface area contributed by atoms with Gasteiger partial charge in [-0.05, 0) is 107 Å². The molecule has 0 aliphatic heterocycles. The van der Waals surface area contributed by atoms with Gasteiger partial charge < -0.3 is 4.42 Å². The molecule has 0 radical (unpaired) electrons. The summed E-state index contributed by atoms with van der Waals surface area (Å²) in [6.45, 7) is 0. The van der Waals surface area contributed by atoms with Gasteiger partial charge in [0.25, 0.3) is 0 Å². The van der Waals surface area contributed by atoms with E-state index in [0.29, 0.717) is 0 Å². The Morgan fingerprint density at radius 3 is 1.63 bits per heavy atom. The minimum absolute atomic E-state index is 0.908. The fourth-order valence-electron chi connectivity index (χ4n) is 7.69. The van der Waals surface area contributed by atoms with E-state index >= 15 is 0 Å². The highest BCUT2D eigenvalue weighted by molar-refractivity contribution is 6.20. The second kappa shape index (κ2) is 11.1. The summed E-state index contributed by atoms with van der Waals surface area (Å²) in [4.78, 5) is 0. The number of furan rings is 1. The van der Waals surface area contributed by atoms with Crippen molar-refractivity contribution in [2.24, 2.45) is 0 Å². The van der Waals surface area contributed by atoms with Gasteiger partial charge in [-0.3, -0.25) is 0 Å². The van der Waals surface area contributed by atoms with Crippen molar-refractivity contribution >= 4 is 54.3 Å². The van der Waals surface area contributed by atoms with Crippen molar-refractivity contribution < 1.29 is 4.42 Å². The zero-order chi connectivity index (χ0) is 32.3. The lowest BCUT2D eigenvalue weighted by molar-refractivity contribution is 0.669. The Labute approximate surface area is 284 Å². The van der Waals surface area contributed by atoms with Gasteiger partial charge in [0.05, 0.1) is 0 Å². The molecule has 10 rings (SSSR count). The third-order valence-corrected chi connectivity index (χ3v) is 10.1. The molecule has 10 aromatic rings. The highest BCUT2D eigenvalue weighted by atomic mass is 16.3. The Balaban J connectivity index is 1.26. The van der Waals surface area contributed by atoms with Crippen molar-refractivity contribution in [3.05, 3.63) is 182 Å². The van der Waals surface area contributed by atoms with Crippen LogP contribution in [0.2, 0.25) is 0 Å². The second-order valence-electron chi connectivity index (χ2n) is 12.9. The van der Waals surface area contributed by atoms with Crippen molar-refractivity contribution in [1.82, 2.24) is 0 Å². The number of para-hydroxylation sites is 1. The molecule has 9 aromatic carbocycles. The molecule has 228 valence electrons. The van der Waals surface area contributed by atoms with Gasteiger partial charge in [0, 0.05) is 10.8 Å². The number of hydrogen-bond acceptors (Lipinski definition) is 1. The molecule has 0 spiro atoms. The zero-order valence-electron chi connectivity index (χ0n) is 26.7. The first-order valence-corrected chi connectivity index (χ1v) is 16.8. The molecule has 0 aliphatic carbocycles. The van der Waals surface area contributed by atoms with Crippen molar-refractivity contribution in [2.45, 2.75) is 0 Å². The summed E-state index contributed by atoms with van der Waals surface area (Å²) in [5.74, 6) is 0. The van der Waals surface area contributed by atoms with E-state index in [1.807, 2.05) is 12.1 Å². The van der Waals surface area contributed by atoms with Crippen molar-refractivity contribution in [1.29, 1.82) is 0 Å². The molecule has 0 fully saturated rings. The van der Waals surface area contributed by atoms with Crippen LogP contribution in [0.25, 0.3) is 98.8 Å². The Kier molecular flexibility index (Phi) is 6.25. The lowest BCUT2D eigenvalue weighted by atomic mass is 9.85. The van der Waals surface area contributed by atoms with Gasteiger partial charge in [0.2, 0.25) is 0 Å². The Hall–Kier alpha value is -6.44. The van der Waals surface area contributed by atoms with E-state index in [4.69, 9.17) is 4.42 Å². The maximum absolute atomic E-state index is 6.25. The Morgan fingerprint density at radius 2 is 0.837 bits per heavy atom. The van der Waals surface area contributed by atoms with E-state index in [2.05, 4.69) is 170 Å². The van der Waals surface area contributed by atoms with Crippen LogP contribution in [-0.2, 0) is 0 Å². The summed E-state index contributed by atoms with van der Waals surface area (Å²) >= 11 is 0. The van der Waals surface area contributed by atoms with Crippen LogP contribution < -0.4 is 0 Å². The quantitative estimate of drug-likeness (QED) is 0.178. The van der Waals surface area contributed by atoms with Gasteiger partial charge in [0.1, 0.15) is 11.2 Å². The van der Waals surface area contributed by atoms with E-state index in [-0.39, 0.29) is 0 Å². The topological polar surface area (TPSA) is 13.1 Å². The van der Waals surface area contributed by atoms with Gasteiger partial charge in [-0.15, -0.1) is 0 Å². The molecule has 0 saturated heterocycles. The smallest absolute Gasteiger partial charge is 0.135 e. The predicted molar refractivity (Wildman–Crippen MR) is 208 cm³/mol. The summed E-state index contributed by atoms with van der Waals surface area (Å²) in [6.07, 6.45) is 0. The minimum atomic E-state index is 0.908. The highest BCUT2D eigenvalue weighted by Crippen LogP contribution is 2.44. The molecule has 0 saturated carbocycles. The Morgan fingerprint density at radius 1 is 0.265 bits per heavy atom. The number of benzene rings is 9.